The highest BCUT2D eigenvalue weighted by atomic mass is 127. The standard InChI is InChI=1S/C22H35N5O2.HI/c1-6-27(7-2)12-13-28-21-11-9-8-10-18(21)15-24-22(23-5)25-16-19-14-20(17(3)4)26-29-19;/h8-11,14,17H,6-7,12-13,15-16H2,1-5H3,(H2,23,24,25);1H. The van der Waals surface area contributed by atoms with Crippen molar-refractivity contribution in [3.05, 3.63) is 47.3 Å². The van der Waals surface area contributed by atoms with E-state index in [-0.39, 0.29) is 24.0 Å². The van der Waals surface area contributed by atoms with E-state index in [2.05, 4.69) is 59.4 Å². The number of ether oxygens (including phenoxy) is 1. The summed E-state index contributed by atoms with van der Waals surface area (Å²) in [4.78, 5) is 6.63. The molecule has 7 nitrogen and oxygen atoms in total. The molecule has 8 heteroatoms. The lowest BCUT2D eigenvalue weighted by atomic mass is 10.1. The van der Waals surface area contributed by atoms with Crippen molar-refractivity contribution in [2.75, 3.05) is 33.3 Å². The number of hydrogen-bond acceptors (Lipinski definition) is 5. The number of guanidine groups is 1. The van der Waals surface area contributed by atoms with E-state index in [0.29, 0.717) is 31.6 Å². The van der Waals surface area contributed by atoms with Gasteiger partial charge in [0.25, 0.3) is 0 Å². The summed E-state index contributed by atoms with van der Waals surface area (Å²) in [6.45, 7) is 13.3. The smallest absolute Gasteiger partial charge is 0.191 e. The van der Waals surface area contributed by atoms with Crippen molar-refractivity contribution in [1.29, 1.82) is 0 Å². The van der Waals surface area contributed by atoms with Crippen molar-refractivity contribution in [2.24, 2.45) is 4.99 Å². The Labute approximate surface area is 197 Å². The Balaban J connectivity index is 0.00000450. The predicted molar refractivity (Wildman–Crippen MR) is 133 cm³/mol. The Bertz CT molecular complexity index is 759. The minimum atomic E-state index is 0. The van der Waals surface area contributed by atoms with Gasteiger partial charge in [-0.15, -0.1) is 24.0 Å². The Morgan fingerprint density at radius 3 is 2.50 bits per heavy atom. The molecule has 0 radical (unpaired) electrons. The van der Waals surface area contributed by atoms with Gasteiger partial charge in [0.2, 0.25) is 0 Å². The number of hydrogen-bond donors (Lipinski definition) is 2. The van der Waals surface area contributed by atoms with Crippen molar-refractivity contribution in [2.45, 2.75) is 46.7 Å². The van der Waals surface area contributed by atoms with Crippen molar-refractivity contribution in [3.63, 3.8) is 0 Å². The second-order valence-electron chi connectivity index (χ2n) is 7.14. The summed E-state index contributed by atoms with van der Waals surface area (Å²) in [5.74, 6) is 2.74. The quantitative estimate of drug-likeness (QED) is 0.261. The van der Waals surface area contributed by atoms with Gasteiger partial charge in [-0.05, 0) is 25.1 Å². The first-order chi connectivity index (χ1) is 14.1. The molecule has 1 aromatic heterocycles. The largest absolute Gasteiger partial charge is 0.492 e. The van der Waals surface area contributed by atoms with Crippen LogP contribution in [0.4, 0.5) is 0 Å². The van der Waals surface area contributed by atoms with Crippen LogP contribution in [-0.4, -0.2) is 49.3 Å². The molecule has 1 heterocycles. The summed E-state index contributed by atoms with van der Waals surface area (Å²) in [5.41, 5.74) is 2.05. The Kier molecular flexibility index (Phi) is 12.4. The number of para-hydroxylation sites is 1. The number of aliphatic imine (C=N–C) groups is 1. The lowest BCUT2D eigenvalue weighted by Gasteiger charge is -2.19. The minimum Gasteiger partial charge on any atom is -0.492 e. The van der Waals surface area contributed by atoms with Crippen LogP contribution in [0.15, 0.2) is 39.8 Å². The molecule has 0 aliphatic carbocycles. The van der Waals surface area contributed by atoms with Gasteiger partial charge in [-0.25, -0.2) is 0 Å². The van der Waals surface area contributed by atoms with Crippen molar-refractivity contribution >= 4 is 29.9 Å². The van der Waals surface area contributed by atoms with Gasteiger partial charge in [-0.1, -0.05) is 51.1 Å². The van der Waals surface area contributed by atoms with Crippen molar-refractivity contribution < 1.29 is 9.26 Å². The number of nitrogens with zero attached hydrogens (tertiary/aromatic N) is 3. The average molecular weight is 529 g/mol. The molecule has 2 N–H and O–H groups in total. The molecular weight excluding hydrogens is 493 g/mol. The van der Waals surface area contributed by atoms with Crippen LogP contribution in [-0.2, 0) is 13.1 Å². The number of halogens is 1. The highest BCUT2D eigenvalue weighted by Crippen LogP contribution is 2.18. The number of benzene rings is 1. The van der Waals surface area contributed by atoms with Crippen LogP contribution in [0.2, 0.25) is 0 Å². The first kappa shape index (κ1) is 26.2. The molecule has 0 atom stereocenters. The fourth-order valence-corrected chi connectivity index (χ4v) is 2.87. The van der Waals surface area contributed by atoms with Gasteiger partial charge in [0.05, 0.1) is 12.2 Å². The number of rotatable bonds is 11. The van der Waals surface area contributed by atoms with Crippen LogP contribution in [0.3, 0.4) is 0 Å². The average Bonchev–Trinajstić information content (AvgIpc) is 3.21. The van der Waals surface area contributed by atoms with E-state index in [1.807, 2.05) is 24.3 Å². The number of likely N-dealkylation sites (N-methyl/N-ethyl adjacent to an activating group) is 1. The molecule has 0 fully saturated rings. The molecule has 2 rings (SSSR count). The molecule has 0 spiro atoms. The molecule has 0 bridgehead atoms. The van der Waals surface area contributed by atoms with Gasteiger partial charge in [0.15, 0.2) is 11.7 Å². The highest BCUT2D eigenvalue weighted by molar-refractivity contribution is 14.0. The van der Waals surface area contributed by atoms with Crippen LogP contribution in [0.1, 0.15) is 50.6 Å². The topological polar surface area (TPSA) is 74.9 Å². The monoisotopic (exact) mass is 529 g/mol. The third-order valence-electron chi connectivity index (χ3n) is 4.80. The van der Waals surface area contributed by atoms with Crippen LogP contribution >= 0.6 is 24.0 Å². The summed E-state index contributed by atoms with van der Waals surface area (Å²) < 4.78 is 11.4. The summed E-state index contributed by atoms with van der Waals surface area (Å²) >= 11 is 0. The van der Waals surface area contributed by atoms with Crippen molar-refractivity contribution in [1.82, 2.24) is 20.7 Å². The van der Waals surface area contributed by atoms with Gasteiger partial charge in [0.1, 0.15) is 12.4 Å². The molecule has 0 unspecified atom stereocenters. The maximum atomic E-state index is 6.03. The van der Waals surface area contributed by atoms with E-state index in [9.17, 15) is 0 Å². The lowest BCUT2D eigenvalue weighted by Crippen LogP contribution is -2.36. The maximum absolute atomic E-state index is 6.03. The third-order valence-corrected chi connectivity index (χ3v) is 4.80. The summed E-state index contributed by atoms with van der Waals surface area (Å²) in [6.07, 6.45) is 0. The minimum absolute atomic E-state index is 0. The third kappa shape index (κ3) is 8.51. The van der Waals surface area contributed by atoms with Gasteiger partial charge in [-0.2, -0.15) is 0 Å². The second kappa shape index (κ2) is 14.2. The van der Waals surface area contributed by atoms with E-state index in [4.69, 9.17) is 9.26 Å². The molecule has 0 saturated heterocycles. The Morgan fingerprint density at radius 2 is 1.87 bits per heavy atom. The van der Waals surface area contributed by atoms with E-state index >= 15 is 0 Å². The van der Waals surface area contributed by atoms with E-state index in [1.165, 1.54) is 0 Å². The fourth-order valence-electron chi connectivity index (χ4n) is 2.87. The summed E-state index contributed by atoms with van der Waals surface area (Å²) in [7, 11) is 1.75. The van der Waals surface area contributed by atoms with Gasteiger partial charge in [-0.3, -0.25) is 4.99 Å². The normalized spacial score (nSPS) is 11.5. The molecule has 0 amide bonds. The predicted octanol–water partition coefficient (Wildman–Crippen LogP) is 4.00. The van der Waals surface area contributed by atoms with Crippen LogP contribution in [0.5, 0.6) is 5.75 Å². The fraction of sp³-hybridized carbons (Fsp3) is 0.545. The van der Waals surface area contributed by atoms with Gasteiger partial charge >= 0.3 is 0 Å². The molecule has 30 heavy (non-hydrogen) atoms. The molecule has 1 aromatic carbocycles. The van der Waals surface area contributed by atoms with Gasteiger partial charge < -0.3 is 24.8 Å². The second-order valence-corrected chi connectivity index (χ2v) is 7.14. The van der Waals surface area contributed by atoms with Crippen LogP contribution in [0.25, 0.3) is 0 Å². The molecule has 0 saturated carbocycles. The first-order valence-electron chi connectivity index (χ1n) is 10.4. The summed E-state index contributed by atoms with van der Waals surface area (Å²) in [5, 5.41) is 10.7. The zero-order valence-electron chi connectivity index (χ0n) is 18.8. The van der Waals surface area contributed by atoms with Gasteiger partial charge in [0, 0.05) is 31.8 Å². The Hall–Kier alpha value is -1.81. The van der Waals surface area contributed by atoms with Crippen molar-refractivity contribution in [3.8, 4) is 5.75 Å². The zero-order chi connectivity index (χ0) is 21.1. The molecule has 0 aliphatic heterocycles. The zero-order valence-corrected chi connectivity index (χ0v) is 21.1. The number of nitrogens with one attached hydrogen (secondary N) is 2. The van der Waals surface area contributed by atoms with E-state index in [0.717, 1.165) is 42.4 Å². The van der Waals surface area contributed by atoms with E-state index in [1.54, 1.807) is 7.05 Å². The Morgan fingerprint density at radius 1 is 1.17 bits per heavy atom. The number of aromatic nitrogens is 1. The molecule has 0 aliphatic rings. The lowest BCUT2D eigenvalue weighted by molar-refractivity contribution is 0.221. The molecule has 2 aromatic rings. The highest BCUT2D eigenvalue weighted by Gasteiger charge is 2.09. The van der Waals surface area contributed by atoms with E-state index < -0.39 is 0 Å². The molecular formula is C22H36IN5O2. The summed E-state index contributed by atoms with van der Waals surface area (Å²) in [6, 6.07) is 10.1. The SMILES string of the molecule is CCN(CC)CCOc1ccccc1CNC(=NC)NCc1cc(C(C)C)no1.I. The van der Waals surface area contributed by atoms with Crippen LogP contribution < -0.4 is 15.4 Å². The maximum Gasteiger partial charge on any atom is 0.191 e. The molecule has 168 valence electrons. The van der Waals surface area contributed by atoms with Crippen LogP contribution in [0, 0.1) is 0 Å². The first-order valence-corrected chi connectivity index (χ1v) is 10.4.